The number of alkyl halides is 1. The highest BCUT2D eigenvalue weighted by Gasteiger charge is 2.07. The maximum absolute atomic E-state index is 2.47. The van der Waals surface area contributed by atoms with Crippen LogP contribution in [0.2, 0.25) is 0 Å². The van der Waals surface area contributed by atoms with Gasteiger partial charge in [0, 0.05) is 3.92 Å². The van der Waals surface area contributed by atoms with Crippen LogP contribution in [0.15, 0.2) is 72.8 Å². The van der Waals surface area contributed by atoms with Gasteiger partial charge in [-0.2, -0.15) is 0 Å². The fraction of sp³-hybridized carbons (Fsp3) is 0.111. The van der Waals surface area contributed by atoms with E-state index in [-0.39, 0.29) is 0 Å². The van der Waals surface area contributed by atoms with E-state index in [2.05, 4.69) is 95.4 Å². The Kier molecular flexibility index (Phi) is 3.83. The van der Waals surface area contributed by atoms with Crippen molar-refractivity contribution in [3.05, 3.63) is 78.4 Å². The highest BCUT2D eigenvalue weighted by molar-refractivity contribution is 14.1. The molecule has 0 fully saturated rings. The number of hydrogen-bond acceptors (Lipinski definition) is 0. The van der Waals surface area contributed by atoms with E-state index >= 15 is 0 Å². The molecule has 0 radical (unpaired) electrons. The van der Waals surface area contributed by atoms with Gasteiger partial charge in [-0.05, 0) is 34.8 Å². The monoisotopic (exact) mass is 358 g/mol. The van der Waals surface area contributed by atoms with Gasteiger partial charge < -0.3 is 0 Å². The molecule has 1 aliphatic carbocycles. The lowest BCUT2D eigenvalue weighted by Crippen LogP contribution is -1.96. The Morgan fingerprint density at radius 2 is 1.58 bits per heavy atom. The van der Waals surface area contributed by atoms with Crippen molar-refractivity contribution in [2.24, 2.45) is 0 Å². The van der Waals surface area contributed by atoms with Crippen LogP contribution in [0.3, 0.4) is 0 Å². The Morgan fingerprint density at radius 3 is 2.32 bits per heavy atom. The van der Waals surface area contributed by atoms with Gasteiger partial charge in [0.05, 0.1) is 0 Å². The van der Waals surface area contributed by atoms with E-state index < -0.39 is 0 Å². The Morgan fingerprint density at radius 1 is 0.842 bits per heavy atom. The van der Waals surface area contributed by atoms with Crippen LogP contribution in [0, 0.1) is 0 Å². The second-order valence-electron chi connectivity index (χ2n) is 4.72. The molecule has 94 valence electrons. The second-order valence-corrected chi connectivity index (χ2v) is 6.32. The molecule has 0 aliphatic heterocycles. The van der Waals surface area contributed by atoms with Crippen LogP contribution in [-0.4, -0.2) is 3.92 Å². The summed E-state index contributed by atoms with van der Waals surface area (Å²) >= 11 is 2.47. The number of hydrogen-bond donors (Lipinski definition) is 0. The van der Waals surface area contributed by atoms with Crippen molar-refractivity contribution < 1.29 is 0 Å². The van der Waals surface area contributed by atoms with E-state index in [1.807, 2.05) is 0 Å². The number of allylic oxidation sites excluding steroid dienone is 4. The fourth-order valence-corrected chi connectivity index (χ4v) is 2.78. The molecule has 19 heavy (non-hydrogen) atoms. The van der Waals surface area contributed by atoms with Gasteiger partial charge in [-0.1, -0.05) is 89.3 Å². The summed E-state index contributed by atoms with van der Waals surface area (Å²) in [5.41, 5.74) is 5.20. The molecule has 0 amide bonds. The maximum Gasteiger partial charge on any atom is 0.0327 e. The number of benzene rings is 2. The topological polar surface area (TPSA) is 0 Å². The molecule has 1 atom stereocenters. The van der Waals surface area contributed by atoms with Crippen LogP contribution in [0.4, 0.5) is 0 Å². The highest BCUT2D eigenvalue weighted by atomic mass is 127. The molecule has 2 aromatic rings. The van der Waals surface area contributed by atoms with Crippen molar-refractivity contribution in [2.45, 2.75) is 10.3 Å². The smallest absolute Gasteiger partial charge is 0.0327 e. The molecule has 0 heterocycles. The highest BCUT2D eigenvalue weighted by Crippen LogP contribution is 2.28. The molecule has 0 N–H and O–H groups in total. The first-order valence-corrected chi connectivity index (χ1v) is 7.76. The lowest BCUT2D eigenvalue weighted by Gasteiger charge is -2.12. The zero-order valence-corrected chi connectivity index (χ0v) is 12.7. The predicted molar refractivity (Wildman–Crippen MR) is 91.4 cm³/mol. The van der Waals surface area contributed by atoms with Gasteiger partial charge in [0.2, 0.25) is 0 Å². The molecule has 1 aliphatic rings. The van der Waals surface area contributed by atoms with E-state index in [1.165, 1.54) is 22.3 Å². The molecule has 0 nitrogen and oxygen atoms in total. The first-order chi connectivity index (χ1) is 9.33. The van der Waals surface area contributed by atoms with Crippen molar-refractivity contribution >= 4 is 28.2 Å². The summed E-state index contributed by atoms with van der Waals surface area (Å²) in [6.07, 6.45) is 7.99. The minimum atomic E-state index is 0.638. The van der Waals surface area contributed by atoms with Crippen LogP contribution < -0.4 is 0 Å². The molecule has 0 spiro atoms. The second kappa shape index (κ2) is 5.74. The van der Waals surface area contributed by atoms with Crippen molar-refractivity contribution in [3.63, 3.8) is 0 Å². The van der Waals surface area contributed by atoms with Gasteiger partial charge in [0.25, 0.3) is 0 Å². The van der Waals surface area contributed by atoms with Crippen molar-refractivity contribution in [1.29, 1.82) is 0 Å². The lowest BCUT2D eigenvalue weighted by molar-refractivity contribution is 1.10. The molecule has 0 saturated heterocycles. The van der Waals surface area contributed by atoms with E-state index in [0.29, 0.717) is 3.92 Å². The summed E-state index contributed by atoms with van der Waals surface area (Å²) in [7, 11) is 0. The summed E-state index contributed by atoms with van der Waals surface area (Å²) in [5.74, 6) is 0. The number of halogens is 1. The minimum absolute atomic E-state index is 0.638. The van der Waals surface area contributed by atoms with E-state index in [0.717, 1.165) is 6.42 Å². The van der Waals surface area contributed by atoms with Crippen LogP contribution in [0.5, 0.6) is 0 Å². The molecular weight excluding hydrogens is 343 g/mol. The molecule has 0 saturated carbocycles. The quantitative estimate of drug-likeness (QED) is 0.491. The first kappa shape index (κ1) is 12.7. The summed E-state index contributed by atoms with van der Waals surface area (Å²) in [4.78, 5) is 0. The normalized spacial score (nSPS) is 18.2. The van der Waals surface area contributed by atoms with Crippen LogP contribution in [0.25, 0.3) is 16.7 Å². The summed E-state index contributed by atoms with van der Waals surface area (Å²) in [6, 6.07) is 19.3. The predicted octanol–water partition coefficient (Wildman–Crippen LogP) is 5.50. The molecular formula is C18H15I. The lowest BCUT2D eigenvalue weighted by atomic mass is 9.96. The molecule has 0 aromatic heterocycles. The van der Waals surface area contributed by atoms with Gasteiger partial charge in [-0.3, -0.25) is 0 Å². The van der Waals surface area contributed by atoms with E-state index in [4.69, 9.17) is 0 Å². The third-order valence-electron chi connectivity index (χ3n) is 3.35. The van der Waals surface area contributed by atoms with Gasteiger partial charge in [0.1, 0.15) is 0 Å². The summed E-state index contributed by atoms with van der Waals surface area (Å²) in [5, 5.41) is 0. The average Bonchev–Trinajstić information content (AvgIpc) is 2.49. The third kappa shape index (κ3) is 2.98. The first-order valence-electron chi connectivity index (χ1n) is 6.51. The van der Waals surface area contributed by atoms with Crippen molar-refractivity contribution in [3.8, 4) is 11.1 Å². The largest absolute Gasteiger partial charge is 0.0777 e. The van der Waals surface area contributed by atoms with Gasteiger partial charge in [-0.15, -0.1) is 0 Å². The van der Waals surface area contributed by atoms with Crippen LogP contribution in [-0.2, 0) is 0 Å². The zero-order valence-electron chi connectivity index (χ0n) is 10.6. The van der Waals surface area contributed by atoms with Gasteiger partial charge in [0.15, 0.2) is 0 Å². The maximum atomic E-state index is 2.47. The Labute approximate surface area is 128 Å². The van der Waals surface area contributed by atoms with Crippen LogP contribution >= 0.6 is 22.6 Å². The third-order valence-corrected chi connectivity index (χ3v) is 4.27. The van der Waals surface area contributed by atoms with Gasteiger partial charge >= 0.3 is 0 Å². The molecule has 2 aromatic carbocycles. The SMILES string of the molecule is IC1C=CC(c2cccc(-c3ccccc3)c2)=CC1. The van der Waals surface area contributed by atoms with E-state index in [9.17, 15) is 0 Å². The number of rotatable bonds is 2. The van der Waals surface area contributed by atoms with Crippen LogP contribution in [0.1, 0.15) is 12.0 Å². The van der Waals surface area contributed by atoms with Crippen molar-refractivity contribution in [1.82, 2.24) is 0 Å². The molecule has 3 rings (SSSR count). The average molecular weight is 358 g/mol. The Hall–Kier alpha value is -1.35. The zero-order chi connectivity index (χ0) is 13.1. The molecule has 1 unspecified atom stereocenters. The van der Waals surface area contributed by atoms with Gasteiger partial charge in [-0.25, -0.2) is 0 Å². The minimum Gasteiger partial charge on any atom is -0.0777 e. The molecule has 1 heteroatoms. The fourth-order valence-electron chi connectivity index (χ4n) is 2.32. The Balaban J connectivity index is 1.95. The standard InChI is InChI=1S/C18H15I/c19-18-11-9-15(10-12-18)17-8-4-7-16(13-17)14-5-2-1-3-6-14/h1-11,13,18H,12H2. The van der Waals surface area contributed by atoms with Crippen molar-refractivity contribution in [2.75, 3.05) is 0 Å². The summed E-state index contributed by atoms with van der Waals surface area (Å²) < 4.78 is 0.638. The summed E-state index contributed by atoms with van der Waals surface area (Å²) in [6.45, 7) is 0. The van der Waals surface area contributed by atoms with E-state index in [1.54, 1.807) is 0 Å². The Bertz CT molecular complexity index is 623. The molecule has 0 bridgehead atoms.